The van der Waals surface area contributed by atoms with Crippen molar-refractivity contribution in [3.8, 4) is 6.07 Å². The van der Waals surface area contributed by atoms with Crippen LogP contribution in [0.1, 0.15) is 27.0 Å². The van der Waals surface area contributed by atoms with Crippen LogP contribution in [-0.2, 0) is 0 Å². The van der Waals surface area contributed by atoms with Crippen LogP contribution < -0.4 is 5.73 Å². The molecule has 0 aliphatic rings. The van der Waals surface area contributed by atoms with Crippen molar-refractivity contribution in [1.29, 1.82) is 5.26 Å². The average molecular weight is 275 g/mol. The average Bonchev–Trinajstić information content (AvgIpc) is 2.91. The number of H-pyrrole nitrogens is 1. The predicted octanol–water partition coefficient (Wildman–Crippen LogP) is 3.16. The second-order valence-electron chi connectivity index (χ2n) is 4.98. The van der Waals surface area contributed by atoms with Gasteiger partial charge in [0.05, 0.1) is 11.6 Å². The Bertz CT molecular complexity index is 900. The summed E-state index contributed by atoms with van der Waals surface area (Å²) in [6.45, 7) is 1.88. The summed E-state index contributed by atoms with van der Waals surface area (Å²) in [5.74, 6) is -0.0734. The van der Waals surface area contributed by atoms with Gasteiger partial charge in [-0.3, -0.25) is 4.79 Å². The van der Waals surface area contributed by atoms with Gasteiger partial charge in [-0.25, -0.2) is 0 Å². The first kappa shape index (κ1) is 12.9. The summed E-state index contributed by atoms with van der Waals surface area (Å²) in [5.41, 5.74) is 9.74. The summed E-state index contributed by atoms with van der Waals surface area (Å²) < 4.78 is 0. The third-order valence-electron chi connectivity index (χ3n) is 3.56. The van der Waals surface area contributed by atoms with E-state index in [-0.39, 0.29) is 5.78 Å². The number of fused-ring (bicyclic) bond motifs is 1. The second-order valence-corrected chi connectivity index (χ2v) is 4.98. The number of hydrogen-bond acceptors (Lipinski definition) is 3. The van der Waals surface area contributed by atoms with E-state index in [2.05, 4.69) is 11.1 Å². The Morgan fingerprint density at radius 3 is 2.76 bits per heavy atom. The van der Waals surface area contributed by atoms with Crippen LogP contribution in [0, 0.1) is 18.3 Å². The van der Waals surface area contributed by atoms with Gasteiger partial charge in [0, 0.05) is 33.9 Å². The highest BCUT2D eigenvalue weighted by Crippen LogP contribution is 2.24. The van der Waals surface area contributed by atoms with Gasteiger partial charge in [0.2, 0.25) is 0 Å². The zero-order valence-corrected chi connectivity index (χ0v) is 11.5. The molecule has 0 amide bonds. The summed E-state index contributed by atoms with van der Waals surface area (Å²) in [7, 11) is 0. The molecule has 0 bridgehead atoms. The molecule has 0 fully saturated rings. The van der Waals surface area contributed by atoms with Crippen LogP contribution in [0.4, 0.5) is 5.69 Å². The maximum atomic E-state index is 12.7. The number of carbonyl (C=O) groups is 1. The number of anilines is 1. The number of rotatable bonds is 2. The number of nitrogens with one attached hydrogen (secondary N) is 1. The summed E-state index contributed by atoms with van der Waals surface area (Å²) in [6.07, 6.45) is 1.68. The molecule has 4 heteroatoms. The molecule has 3 rings (SSSR count). The molecular formula is C17H13N3O. The highest BCUT2D eigenvalue weighted by atomic mass is 16.1. The number of nitriles is 1. The van der Waals surface area contributed by atoms with Gasteiger partial charge in [-0.05, 0) is 36.8 Å². The number of aromatic nitrogens is 1. The predicted molar refractivity (Wildman–Crippen MR) is 82.0 cm³/mol. The van der Waals surface area contributed by atoms with Crippen molar-refractivity contribution in [2.75, 3.05) is 5.73 Å². The first-order valence-corrected chi connectivity index (χ1v) is 6.52. The highest BCUT2D eigenvalue weighted by molar-refractivity contribution is 6.17. The number of aromatic amines is 1. The maximum Gasteiger partial charge on any atom is 0.195 e. The van der Waals surface area contributed by atoms with E-state index < -0.39 is 0 Å². The van der Waals surface area contributed by atoms with Gasteiger partial charge in [-0.2, -0.15) is 5.26 Å². The lowest BCUT2D eigenvalue weighted by atomic mass is 9.98. The van der Waals surface area contributed by atoms with E-state index in [4.69, 9.17) is 11.0 Å². The van der Waals surface area contributed by atoms with E-state index in [1.807, 2.05) is 13.0 Å². The van der Waals surface area contributed by atoms with E-state index in [9.17, 15) is 4.79 Å². The van der Waals surface area contributed by atoms with Gasteiger partial charge < -0.3 is 10.7 Å². The monoisotopic (exact) mass is 275 g/mol. The van der Waals surface area contributed by atoms with Gasteiger partial charge >= 0.3 is 0 Å². The fraction of sp³-hybridized carbons (Fsp3) is 0.0588. The molecule has 3 aromatic rings. The van der Waals surface area contributed by atoms with Crippen LogP contribution >= 0.6 is 0 Å². The molecule has 0 unspecified atom stereocenters. The topological polar surface area (TPSA) is 82.7 Å². The largest absolute Gasteiger partial charge is 0.399 e. The Labute approximate surface area is 121 Å². The highest BCUT2D eigenvalue weighted by Gasteiger charge is 2.16. The van der Waals surface area contributed by atoms with E-state index in [0.717, 1.165) is 16.5 Å². The van der Waals surface area contributed by atoms with E-state index in [1.54, 1.807) is 36.5 Å². The van der Waals surface area contributed by atoms with Crippen molar-refractivity contribution >= 4 is 22.4 Å². The lowest BCUT2D eigenvalue weighted by Gasteiger charge is -2.05. The molecular weight excluding hydrogens is 262 g/mol. The second kappa shape index (κ2) is 4.80. The molecule has 1 heterocycles. The molecule has 0 radical (unpaired) electrons. The zero-order valence-electron chi connectivity index (χ0n) is 11.5. The minimum Gasteiger partial charge on any atom is -0.399 e. The molecule has 0 saturated carbocycles. The number of nitrogens with zero attached hydrogens (tertiary/aromatic N) is 1. The van der Waals surface area contributed by atoms with Gasteiger partial charge in [0.1, 0.15) is 0 Å². The summed E-state index contributed by atoms with van der Waals surface area (Å²) in [4.78, 5) is 15.8. The smallest absolute Gasteiger partial charge is 0.195 e. The van der Waals surface area contributed by atoms with Crippen LogP contribution in [0.25, 0.3) is 10.9 Å². The Balaban J connectivity index is 2.14. The van der Waals surface area contributed by atoms with Crippen LogP contribution in [0.15, 0.2) is 42.6 Å². The summed E-state index contributed by atoms with van der Waals surface area (Å²) >= 11 is 0. The van der Waals surface area contributed by atoms with Crippen molar-refractivity contribution in [3.05, 3.63) is 64.8 Å². The number of nitrogens with two attached hydrogens (primary N) is 1. The minimum absolute atomic E-state index is 0.0734. The molecule has 102 valence electrons. The normalized spacial score (nSPS) is 10.5. The molecule has 4 nitrogen and oxygen atoms in total. The van der Waals surface area contributed by atoms with Crippen molar-refractivity contribution < 1.29 is 4.79 Å². The Hall–Kier alpha value is -3.06. The third-order valence-corrected chi connectivity index (χ3v) is 3.56. The minimum atomic E-state index is -0.0734. The molecule has 1 aromatic heterocycles. The molecule has 0 saturated heterocycles. The Morgan fingerprint density at radius 2 is 2.00 bits per heavy atom. The maximum absolute atomic E-state index is 12.7. The molecule has 0 aliphatic carbocycles. The van der Waals surface area contributed by atoms with Gasteiger partial charge in [0.15, 0.2) is 5.78 Å². The standard InChI is InChI=1S/C17H13N3O/c1-10-2-4-12(19)7-14(10)17(21)15-9-20-16-6-11(8-18)3-5-13(15)16/h2-7,9,20H,19H2,1H3. The van der Waals surface area contributed by atoms with Crippen LogP contribution in [-0.4, -0.2) is 10.8 Å². The van der Waals surface area contributed by atoms with Crippen molar-refractivity contribution in [3.63, 3.8) is 0 Å². The number of benzene rings is 2. The van der Waals surface area contributed by atoms with Gasteiger partial charge in [-0.1, -0.05) is 12.1 Å². The number of hydrogen-bond donors (Lipinski definition) is 2. The molecule has 0 aliphatic heterocycles. The van der Waals surface area contributed by atoms with Gasteiger partial charge in [0.25, 0.3) is 0 Å². The quantitative estimate of drug-likeness (QED) is 0.556. The van der Waals surface area contributed by atoms with Crippen LogP contribution in [0.5, 0.6) is 0 Å². The summed E-state index contributed by atoms with van der Waals surface area (Å²) in [6, 6.07) is 12.6. The fourth-order valence-electron chi connectivity index (χ4n) is 2.41. The molecule has 21 heavy (non-hydrogen) atoms. The SMILES string of the molecule is Cc1ccc(N)cc1C(=O)c1c[nH]c2cc(C#N)ccc12. The number of nitrogen functional groups attached to an aromatic ring is 1. The summed E-state index contributed by atoms with van der Waals surface area (Å²) in [5, 5.41) is 9.72. The fourth-order valence-corrected chi connectivity index (χ4v) is 2.41. The van der Waals surface area contributed by atoms with Crippen molar-refractivity contribution in [1.82, 2.24) is 4.98 Å². The zero-order chi connectivity index (χ0) is 15.0. The molecule has 0 spiro atoms. The van der Waals surface area contributed by atoms with Crippen molar-refractivity contribution in [2.45, 2.75) is 6.92 Å². The van der Waals surface area contributed by atoms with Crippen LogP contribution in [0.3, 0.4) is 0 Å². The molecule has 2 aromatic carbocycles. The van der Waals surface area contributed by atoms with Crippen molar-refractivity contribution in [2.24, 2.45) is 0 Å². The Morgan fingerprint density at radius 1 is 1.19 bits per heavy atom. The lowest BCUT2D eigenvalue weighted by Crippen LogP contribution is -2.04. The van der Waals surface area contributed by atoms with Crippen LogP contribution in [0.2, 0.25) is 0 Å². The Kier molecular flexibility index (Phi) is 2.96. The number of carbonyl (C=O) groups excluding carboxylic acids is 1. The number of aryl methyl sites for hydroxylation is 1. The first-order valence-electron chi connectivity index (χ1n) is 6.52. The molecule has 0 atom stereocenters. The van der Waals surface area contributed by atoms with E-state index >= 15 is 0 Å². The third kappa shape index (κ3) is 2.15. The lowest BCUT2D eigenvalue weighted by molar-refractivity contribution is 0.104. The van der Waals surface area contributed by atoms with E-state index in [1.165, 1.54) is 0 Å². The first-order chi connectivity index (χ1) is 10.1. The van der Waals surface area contributed by atoms with E-state index in [0.29, 0.717) is 22.4 Å². The van der Waals surface area contributed by atoms with Gasteiger partial charge in [-0.15, -0.1) is 0 Å². The number of ketones is 1. The molecule has 3 N–H and O–H groups in total.